The van der Waals surface area contributed by atoms with Crippen LogP contribution in [0.5, 0.6) is 0 Å². The molecule has 0 aliphatic carbocycles. The monoisotopic (exact) mass is 200 g/mol. The van der Waals surface area contributed by atoms with Gasteiger partial charge >= 0.3 is 5.97 Å². The van der Waals surface area contributed by atoms with Gasteiger partial charge in [0.2, 0.25) is 0 Å². The fraction of sp³-hybridized carbons (Fsp3) is 0.200. The third-order valence-corrected chi connectivity index (χ3v) is 1.66. The quantitative estimate of drug-likeness (QED) is 0.560. The number of hydrogen-bond donors (Lipinski definition) is 1. The maximum Gasteiger partial charge on any atom is 0.325 e. The zero-order chi connectivity index (χ0) is 10.4. The first-order valence-corrected chi connectivity index (χ1v) is 4.14. The van der Waals surface area contributed by atoms with Gasteiger partial charge < -0.3 is 10.1 Å². The van der Waals surface area contributed by atoms with E-state index < -0.39 is 5.97 Å². The summed E-state index contributed by atoms with van der Waals surface area (Å²) in [5, 5.41) is 2.44. The molecule has 0 aliphatic rings. The van der Waals surface area contributed by atoms with Crippen molar-refractivity contribution in [3.8, 4) is 0 Å². The summed E-state index contributed by atoms with van der Waals surface area (Å²) in [6.07, 6.45) is 0. The Morgan fingerprint density at radius 3 is 2.40 bits per heavy atom. The number of nitrogens with one attached hydrogen (secondary N) is 1. The van der Waals surface area contributed by atoms with Gasteiger partial charge in [0.05, 0.1) is 7.11 Å². The molecule has 1 radical (unpaired) electrons. The van der Waals surface area contributed by atoms with Crippen LogP contribution in [0, 0.1) is 0 Å². The molecule has 1 rings (SSSR count). The van der Waals surface area contributed by atoms with Crippen LogP contribution in [0.1, 0.15) is 10.4 Å². The van der Waals surface area contributed by atoms with Crippen molar-refractivity contribution >= 4 is 30.7 Å². The van der Waals surface area contributed by atoms with Crippen LogP contribution in [0.25, 0.3) is 0 Å². The van der Waals surface area contributed by atoms with E-state index in [-0.39, 0.29) is 31.3 Å². The van der Waals surface area contributed by atoms with Crippen LogP contribution in [0.3, 0.4) is 0 Å². The number of carbonyl (C=O) groups excluding carboxylic acids is 2. The first-order chi connectivity index (χ1) is 6.74. The minimum absolute atomic E-state index is 0. The van der Waals surface area contributed by atoms with Gasteiger partial charge in [-0.3, -0.25) is 9.59 Å². The van der Waals surface area contributed by atoms with Crippen LogP contribution in [0.15, 0.2) is 30.3 Å². The number of ether oxygens (including phenoxy) is 1. The number of hydrogen-bond acceptors (Lipinski definition) is 3. The third-order valence-electron chi connectivity index (χ3n) is 1.66. The molecule has 0 unspecified atom stereocenters. The molecule has 1 aromatic carbocycles. The van der Waals surface area contributed by atoms with E-state index in [4.69, 9.17) is 0 Å². The van der Waals surface area contributed by atoms with Crippen molar-refractivity contribution in [3.63, 3.8) is 0 Å². The predicted octanol–water partition coefficient (Wildman–Crippen LogP) is 0.209. The molecule has 4 nitrogen and oxygen atoms in total. The Labute approximate surface area is 100 Å². The first kappa shape index (κ1) is 13.8. The maximum absolute atomic E-state index is 11.3. The van der Waals surface area contributed by atoms with Crippen molar-refractivity contribution in [2.75, 3.05) is 13.7 Å². The van der Waals surface area contributed by atoms with Crippen LogP contribution in [-0.4, -0.2) is 44.4 Å². The summed E-state index contributed by atoms with van der Waals surface area (Å²) >= 11 is 0. The maximum atomic E-state index is 11.3. The topological polar surface area (TPSA) is 55.4 Å². The molecule has 1 aromatic rings. The van der Waals surface area contributed by atoms with Crippen molar-refractivity contribution in [1.29, 1.82) is 0 Å². The van der Waals surface area contributed by atoms with Gasteiger partial charge in [-0.15, -0.1) is 0 Å². The van der Waals surface area contributed by atoms with Crippen LogP contribution >= 0.6 is 0 Å². The van der Waals surface area contributed by atoms with Crippen LogP contribution in [0.2, 0.25) is 0 Å². The summed E-state index contributed by atoms with van der Waals surface area (Å²) in [7, 11) is 1.27. The zero-order valence-electron chi connectivity index (χ0n) is 8.82. The predicted molar refractivity (Wildman–Crippen MR) is 56.5 cm³/mol. The molecule has 0 atom stereocenters. The molecule has 5 heteroatoms. The summed E-state index contributed by atoms with van der Waals surface area (Å²) in [6.45, 7) is -0.107. The van der Waals surface area contributed by atoms with Gasteiger partial charge in [0.25, 0.3) is 5.91 Å². The fourth-order valence-electron chi connectivity index (χ4n) is 0.916. The number of amides is 1. The Bertz CT molecular complexity index is 327. The van der Waals surface area contributed by atoms with Crippen molar-refractivity contribution in [3.05, 3.63) is 35.9 Å². The summed E-state index contributed by atoms with van der Waals surface area (Å²) < 4.78 is 4.38. The zero-order valence-corrected chi connectivity index (χ0v) is 8.82. The van der Waals surface area contributed by atoms with Gasteiger partial charge in [-0.1, -0.05) is 18.2 Å². The van der Waals surface area contributed by atoms with Crippen molar-refractivity contribution in [2.24, 2.45) is 0 Å². The van der Waals surface area contributed by atoms with Crippen LogP contribution in [0.4, 0.5) is 0 Å². The van der Waals surface area contributed by atoms with E-state index in [2.05, 4.69) is 10.1 Å². The Morgan fingerprint density at radius 2 is 1.87 bits per heavy atom. The molecule has 15 heavy (non-hydrogen) atoms. The SMILES string of the molecule is COC(=O)CNC(=O)c1ccccc1.[Li]. The molecule has 0 saturated carbocycles. The average Bonchev–Trinajstić information content (AvgIpc) is 2.26. The van der Waals surface area contributed by atoms with E-state index in [0.29, 0.717) is 5.56 Å². The minimum Gasteiger partial charge on any atom is -0.468 e. The van der Waals surface area contributed by atoms with E-state index in [0.717, 1.165) is 0 Å². The Hall–Kier alpha value is -1.24. The third kappa shape index (κ3) is 4.68. The molecule has 0 aliphatic heterocycles. The standard InChI is InChI=1S/C10H11NO3.Li/c1-14-9(12)7-11-10(13)8-5-3-2-4-6-8;/h2-6H,7H2,1H3,(H,11,13);. The second-order valence-electron chi connectivity index (χ2n) is 2.62. The fourth-order valence-corrected chi connectivity index (χ4v) is 0.916. The van der Waals surface area contributed by atoms with Crippen molar-refractivity contribution in [2.45, 2.75) is 0 Å². The minimum atomic E-state index is -0.464. The second kappa shape index (κ2) is 7.10. The van der Waals surface area contributed by atoms with Crippen molar-refractivity contribution in [1.82, 2.24) is 5.32 Å². The van der Waals surface area contributed by atoms with Gasteiger partial charge in [0.15, 0.2) is 0 Å². The van der Waals surface area contributed by atoms with Gasteiger partial charge in [0.1, 0.15) is 6.54 Å². The molecule has 0 saturated heterocycles. The smallest absolute Gasteiger partial charge is 0.325 e. The summed E-state index contributed by atoms with van der Waals surface area (Å²) in [4.78, 5) is 22.1. The molecule has 0 heterocycles. The Morgan fingerprint density at radius 1 is 1.27 bits per heavy atom. The van der Waals surface area contributed by atoms with E-state index >= 15 is 0 Å². The van der Waals surface area contributed by atoms with Crippen LogP contribution in [-0.2, 0) is 9.53 Å². The second-order valence-corrected chi connectivity index (χ2v) is 2.62. The van der Waals surface area contributed by atoms with Crippen LogP contribution < -0.4 is 5.32 Å². The van der Waals surface area contributed by atoms with Gasteiger partial charge in [0, 0.05) is 24.4 Å². The Kier molecular flexibility index (Phi) is 6.51. The molecule has 1 amide bonds. The molecule has 0 aromatic heterocycles. The number of benzene rings is 1. The number of esters is 1. The van der Waals surface area contributed by atoms with Gasteiger partial charge in [-0.05, 0) is 12.1 Å². The normalized spacial score (nSPS) is 8.60. The first-order valence-electron chi connectivity index (χ1n) is 4.14. The van der Waals surface area contributed by atoms with Crippen molar-refractivity contribution < 1.29 is 14.3 Å². The molecule has 0 fully saturated rings. The number of rotatable bonds is 3. The molecule has 0 bridgehead atoms. The molecular weight excluding hydrogens is 189 g/mol. The van der Waals surface area contributed by atoms with E-state index in [1.165, 1.54) is 7.11 Å². The average molecular weight is 200 g/mol. The molecular formula is C10H11LiNO3. The number of methoxy groups -OCH3 is 1. The Balaban J connectivity index is 0.00000196. The van der Waals surface area contributed by atoms with E-state index in [1.54, 1.807) is 24.3 Å². The van der Waals surface area contributed by atoms with E-state index in [1.807, 2.05) is 6.07 Å². The summed E-state index contributed by atoms with van der Waals surface area (Å²) in [6, 6.07) is 8.68. The summed E-state index contributed by atoms with van der Waals surface area (Å²) in [5.74, 6) is -0.745. The summed E-state index contributed by atoms with van der Waals surface area (Å²) in [5.41, 5.74) is 0.524. The van der Waals surface area contributed by atoms with E-state index in [9.17, 15) is 9.59 Å². The van der Waals surface area contributed by atoms with Gasteiger partial charge in [-0.25, -0.2) is 0 Å². The molecule has 1 N–H and O–H groups in total. The van der Waals surface area contributed by atoms with Gasteiger partial charge in [-0.2, -0.15) is 0 Å². The largest absolute Gasteiger partial charge is 0.468 e. The molecule has 0 spiro atoms. The number of carbonyl (C=O) groups is 2. The molecule has 75 valence electrons.